The molecule has 2 aromatic rings. The van der Waals surface area contributed by atoms with E-state index < -0.39 is 29.4 Å². The summed E-state index contributed by atoms with van der Waals surface area (Å²) in [6, 6.07) is 9.51. The number of Topliss-reactive ketones (excluding diaryl/α,β-unsaturated/α-hetero) is 1. The third-order valence-corrected chi connectivity index (χ3v) is 4.31. The highest BCUT2D eigenvalue weighted by Gasteiger charge is 2.55. The predicted molar refractivity (Wildman–Crippen MR) is 106 cm³/mol. The molecule has 2 aromatic carbocycles. The number of nitrogens with one attached hydrogen (secondary N) is 1. The van der Waals surface area contributed by atoms with Crippen LogP contribution in [0.2, 0.25) is 5.02 Å². The number of hydrogen-bond donors (Lipinski definition) is 1. The van der Waals surface area contributed by atoms with Crippen molar-refractivity contribution in [1.29, 1.82) is 0 Å². The molecule has 0 saturated heterocycles. The molecule has 1 N–H and O–H groups in total. The lowest BCUT2D eigenvalue weighted by atomic mass is 9.94. The number of carbonyl (C=O) groups is 2. The average Bonchev–Trinajstić information content (AvgIpc) is 2.73. The molecule has 0 aliphatic rings. The summed E-state index contributed by atoms with van der Waals surface area (Å²) in [7, 11) is 1.46. The maximum Gasteiger partial charge on any atom is 0.448 e. The smallest absolute Gasteiger partial charge is 0.448 e. The maximum atomic E-state index is 15.3. The fourth-order valence-corrected chi connectivity index (χ4v) is 2.69. The van der Waals surface area contributed by atoms with E-state index >= 15 is 8.78 Å². The molecule has 0 fully saturated rings. The van der Waals surface area contributed by atoms with E-state index in [1.807, 2.05) is 0 Å². The van der Waals surface area contributed by atoms with Crippen molar-refractivity contribution in [1.82, 2.24) is 0 Å². The zero-order chi connectivity index (χ0) is 22.3. The Hall–Kier alpha value is -3.29. The molecule has 0 spiro atoms. The summed E-state index contributed by atoms with van der Waals surface area (Å²) in [6.07, 6.45) is 0. The normalized spacial score (nSPS) is 11.8. The summed E-state index contributed by atoms with van der Waals surface area (Å²) >= 11 is 5.83. The van der Waals surface area contributed by atoms with Gasteiger partial charge in [0.2, 0.25) is 0 Å². The molecule has 0 amide bonds. The SMILES string of the molecule is CCOC(=O)C(=[N+]=[N-])C(=O)C(F)(F)C(Nc1ccc(OC)cc1)c1ccc(Cl)cc1. The van der Waals surface area contributed by atoms with Crippen LogP contribution in [0.15, 0.2) is 48.5 Å². The van der Waals surface area contributed by atoms with Crippen LogP contribution in [0.25, 0.3) is 5.53 Å². The molecule has 0 saturated carbocycles. The van der Waals surface area contributed by atoms with Crippen LogP contribution in [0.1, 0.15) is 18.5 Å². The molecule has 2 rings (SSSR count). The Labute approximate surface area is 176 Å². The van der Waals surface area contributed by atoms with Gasteiger partial charge in [0.05, 0.1) is 13.7 Å². The van der Waals surface area contributed by atoms with Crippen molar-refractivity contribution < 1.29 is 32.6 Å². The van der Waals surface area contributed by atoms with Crippen LogP contribution in [0.3, 0.4) is 0 Å². The number of alkyl halides is 2. The number of esters is 1. The lowest BCUT2D eigenvalue weighted by Gasteiger charge is -2.27. The number of rotatable bonds is 9. The van der Waals surface area contributed by atoms with Crippen molar-refractivity contribution in [3.8, 4) is 5.75 Å². The van der Waals surface area contributed by atoms with Gasteiger partial charge in [0.1, 0.15) is 11.8 Å². The molecule has 10 heteroatoms. The molecule has 0 bridgehead atoms. The monoisotopic (exact) mass is 437 g/mol. The second kappa shape index (κ2) is 9.96. The molecular weight excluding hydrogens is 420 g/mol. The summed E-state index contributed by atoms with van der Waals surface area (Å²) in [5, 5.41) is 2.89. The topological polar surface area (TPSA) is 101 Å². The molecule has 1 atom stereocenters. The van der Waals surface area contributed by atoms with E-state index in [1.165, 1.54) is 50.4 Å². The van der Waals surface area contributed by atoms with Gasteiger partial charge in [0.15, 0.2) is 0 Å². The number of ether oxygens (including phenoxy) is 2. The van der Waals surface area contributed by atoms with Crippen molar-refractivity contribution in [2.24, 2.45) is 0 Å². The van der Waals surface area contributed by atoms with Crippen LogP contribution < -0.4 is 10.1 Å². The highest BCUT2D eigenvalue weighted by molar-refractivity contribution is 6.63. The first kappa shape index (κ1) is 23.0. The molecule has 7 nitrogen and oxygen atoms in total. The fraction of sp³-hybridized carbons (Fsp3) is 0.250. The van der Waals surface area contributed by atoms with Crippen molar-refractivity contribution in [2.75, 3.05) is 19.0 Å². The highest BCUT2D eigenvalue weighted by atomic mass is 35.5. The third-order valence-electron chi connectivity index (χ3n) is 4.05. The van der Waals surface area contributed by atoms with Crippen LogP contribution in [0, 0.1) is 0 Å². The van der Waals surface area contributed by atoms with Crippen molar-refractivity contribution in [3.63, 3.8) is 0 Å². The molecule has 0 heterocycles. The second-order valence-corrected chi connectivity index (χ2v) is 6.42. The molecular formula is C20H18ClF2N3O4. The number of ketones is 1. The third kappa shape index (κ3) is 5.20. The quantitative estimate of drug-likeness (QED) is 0.210. The zero-order valence-corrected chi connectivity index (χ0v) is 16.8. The Morgan fingerprint density at radius 3 is 2.27 bits per heavy atom. The Morgan fingerprint density at radius 1 is 1.17 bits per heavy atom. The fourth-order valence-electron chi connectivity index (χ4n) is 2.56. The minimum absolute atomic E-state index is 0.00900. The van der Waals surface area contributed by atoms with Crippen molar-refractivity contribution in [3.05, 3.63) is 64.6 Å². The number of hydrogen-bond acceptors (Lipinski definition) is 5. The summed E-state index contributed by atoms with van der Waals surface area (Å²) in [6.45, 7) is 1.22. The first-order chi connectivity index (χ1) is 14.2. The van der Waals surface area contributed by atoms with E-state index in [0.717, 1.165) is 0 Å². The van der Waals surface area contributed by atoms with E-state index in [4.69, 9.17) is 21.9 Å². The summed E-state index contributed by atoms with van der Waals surface area (Å²) < 4.78 is 40.1. The van der Waals surface area contributed by atoms with E-state index in [9.17, 15) is 9.59 Å². The number of methoxy groups -OCH3 is 1. The average molecular weight is 438 g/mol. The van der Waals surface area contributed by atoms with Gasteiger partial charge in [-0.1, -0.05) is 23.7 Å². The first-order valence-corrected chi connectivity index (χ1v) is 9.10. The lowest BCUT2D eigenvalue weighted by molar-refractivity contribution is -0.149. The highest BCUT2D eigenvalue weighted by Crippen LogP contribution is 2.36. The van der Waals surface area contributed by atoms with Crippen molar-refractivity contribution in [2.45, 2.75) is 18.9 Å². The van der Waals surface area contributed by atoms with Crippen LogP contribution >= 0.6 is 11.6 Å². The largest absolute Gasteiger partial charge is 0.497 e. The predicted octanol–water partition coefficient (Wildman–Crippen LogP) is 3.94. The van der Waals surface area contributed by atoms with Crippen LogP contribution in [-0.2, 0) is 14.3 Å². The number of nitrogens with zero attached hydrogens (tertiary/aromatic N) is 2. The van der Waals surface area contributed by atoms with Crippen LogP contribution in [0.4, 0.5) is 14.5 Å². The van der Waals surface area contributed by atoms with Gasteiger partial charge in [-0.3, -0.25) is 4.79 Å². The maximum absolute atomic E-state index is 15.3. The van der Waals surface area contributed by atoms with Gasteiger partial charge in [-0.05, 0) is 48.9 Å². The number of benzene rings is 2. The summed E-state index contributed by atoms with van der Waals surface area (Å²) in [4.78, 5) is 26.7. The summed E-state index contributed by atoms with van der Waals surface area (Å²) in [5.74, 6) is -7.14. The standard InChI is InChI=1S/C20H18ClF2N3O4/c1-3-30-19(28)16(26-24)18(27)20(22,23)17(12-4-6-13(21)7-5-12)25-14-8-10-15(29-2)11-9-14/h4-11,17,25H,3H2,1-2H3. The van der Waals surface area contributed by atoms with Crippen LogP contribution in [-0.4, -0.2) is 41.9 Å². The van der Waals surface area contributed by atoms with Gasteiger partial charge in [-0.2, -0.15) is 13.6 Å². The van der Waals surface area contributed by atoms with Crippen molar-refractivity contribution >= 4 is 34.8 Å². The van der Waals surface area contributed by atoms with E-state index in [0.29, 0.717) is 10.8 Å². The zero-order valence-electron chi connectivity index (χ0n) is 16.1. The Balaban J connectivity index is 2.47. The minimum Gasteiger partial charge on any atom is -0.497 e. The van der Waals surface area contributed by atoms with Gasteiger partial charge in [-0.15, -0.1) is 0 Å². The van der Waals surface area contributed by atoms with Gasteiger partial charge in [0.25, 0.3) is 0 Å². The molecule has 0 aliphatic carbocycles. The number of halogens is 3. The Morgan fingerprint density at radius 2 is 1.77 bits per heavy atom. The molecule has 0 aromatic heterocycles. The molecule has 30 heavy (non-hydrogen) atoms. The summed E-state index contributed by atoms with van der Waals surface area (Å²) in [5.41, 5.74) is 7.83. The van der Waals surface area contributed by atoms with Gasteiger partial charge in [0, 0.05) is 10.7 Å². The molecule has 1 unspecified atom stereocenters. The van der Waals surface area contributed by atoms with E-state index in [-0.39, 0.29) is 17.9 Å². The molecule has 158 valence electrons. The minimum atomic E-state index is -4.19. The lowest BCUT2D eigenvalue weighted by Crippen LogP contribution is -2.46. The van der Waals surface area contributed by atoms with E-state index in [1.54, 1.807) is 12.1 Å². The Bertz CT molecular complexity index is 959. The molecule has 0 radical (unpaired) electrons. The van der Waals surface area contributed by atoms with Gasteiger partial charge >= 0.3 is 23.4 Å². The number of carbonyl (C=O) groups excluding carboxylic acids is 2. The van der Waals surface area contributed by atoms with Crippen LogP contribution in [0.5, 0.6) is 5.75 Å². The van der Waals surface area contributed by atoms with E-state index in [2.05, 4.69) is 14.8 Å². The molecule has 0 aliphatic heterocycles. The first-order valence-electron chi connectivity index (χ1n) is 8.72. The van der Waals surface area contributed by atoms with Gasteiger partial charge < -0.3 is 20.3 Å². The van der Waals surface area contributed by atoms with Gasteiger partial charge in [-0.25, -0.2) is 4.79 Å². The Kier molecular flexibility index (Phi) is 7.63. The number of anilines is 1. The second-order valence-electron chi connectivity index (χ2n) is 5.98.